The zero-order valence-corrected chi connectivity index (χ0v) is 18.9. The molecule has 0 amide bonds. The van der Waals surface area contributed by atoms with E-state index in [-0.39, 0.29) is 0 Å². The van der Waals surface area contributed by atoms with Gasteiger partial charge in [-0.25, -0.2) is 0 Å². The van der Waals surface area contributed by atoms with Gasteiger partial charge in [-0.15, -0.1) is 0 Å². The average molecular weight is 378 g/mol. The van der Waals surface area contributed by atoms with Gasteiger partial charge in [-0.1, -0.05) is 30.3 Å². The van der Waals surface area contributed by atoms with Gasteiger partial charge >= 0.3 is 0 Å². The van der Waals surface area contributed by atoms with E-state index in [0.29, 0.717) is 0 Å². The van der Waals surface area contributed by atoms with Crippen molar-refractivity contribution in [3.8, 4) is 0 Å². The van der Waals surface area contributed by atoms with Crippen LogP contribution in [0.25, 0.3) is 0 Å². The predicted molar refractivity (Wildman–Crippen MR) is 112 cm³/mol. The molecule has 1 aliphatic heterocycles. The lowest BCUT2D eigenvalue weighted by molar-refractivity contribution is 0.278. The van der Waals surface area contributed by atoms with Crippen LogP contribution in [0.2, 0.25) is 39.3 Å². The second-order valence-electron chi connectivity index (χ2n) is 8.85. The number of nitrogens with zero attached hydrogens (tertiary/aromatic N) is 1. The molecule has 1 heterocycles. The molecule has 1 aliphatic rings. The minimum atomic E-state index is -1.62. The summed E-state index contributed by atoms with van der Waals surface area (Å²) in [6.45, 7) is 16.7. The molecule has 3 nitrogen and oxygen atoms in total. The molecule has 5 heteroatoms. The van der Waals surface area contributed by atoms with E-state index in [1.54, 1.807) is 0 Å². The Morgan fingerprint density at radius 3 is 1.72 bits per heavy atom. The Bertz CT molecular complexity index is 544. The smallest absolute Gasteiger partial charge is 0.241 e. The molecule has 0 N–H and O–H groups in total. The third kappa shape index (κ3) is 7.80. The molecular weight excluding hydrogens is 342 g/mol. The topological polar surface area (TPSA) is 21.7 Å². The second kappa shape index (κ2) is 8.56. The molecule has 0 spiro atoms. The first-order valence-corrected chi connectivity index (χ1v) is 16.3. The zero-order valence-electron chi connectivity index (χ0n) is 16.9. The molecule has 0 bridgehead atoms. The molecule has 1 aromatic rings. The van der Waals surface area contributed by atoms with Crippen LogP contribution in [0.15, 0.2) is 41.9 Å². The normalized spacial score (nSPS) is 17.4. The van der Waals surface area contributed by atoms with Crippen LogP contribution in [-0.2, 0) is 15.3 Å². The van der Waals surface area contributed by atoms with E-state index >= 15 is 0 Å². The van der Waals surface area contributed by atoms with Gasteiger partial charge in [-0.3, -0.25) is 0 Å². The fraction of sp³-hybridized carbons (Fsp3) is 0.600. The third-order valence-electron chi connectivity index (χ3n) is 4.04. The molecule has 0 aliphatic carbocycles. The van der Waals surface area contributed by atoms with E-state index in [0.717, 1.165) is 50.4 Å². The highest BCUT2D eigenvalue weighted by atomic mass is 28.4. The maximum atomic E-state index is 6.42. The summed E-state index contributed by atoms with van der Waals surface area (Å²) in [6, 6.07) is 10.8. The van der Waals surface area contributed by atoms with Crippen LogP contribution in [0, 0.1) is 0 Å². The van der Waals surface area contributed by atoms with Gasteiger partial charge in [0.1, 0.15) is 11.5 Å². The molecule has 140 valence electrons. The summed E-state index contributed by atoms with van der Waals surface area (Å²) in [5.74, 6) is 2.26. The van der Waals surface area contributed by atoms with Crippen LogP contribution >= 0.6 is 0 Å². The van der Waals surface area contributed by atoms with Gasteiger partial charge in [0.2, 0.25) is 16.6 Å². The molecule has 25 heavy (non-hydrogen) atoms. The first-order valence-electron chi connectivity index (χ1n) is 9.49. The molecular formula is C20H35NO2Si2. The van der Waals surface area contributed by atoms with Gasteiger partial charge in [-0.2, -0.15) is 0 Å². The minimum Gasteiger partial charge on any atom is -0.545 e. The molecule has 0 saturated heterocycles. The summed E-state index contributed by atoms with van der Waals surface area (Å²) >= 11 is 0. The SMILES string of the molecule is C[Si](C)(C)OC1=C(O[Si](C)(C)C)CCN(CCc2ccccc2)CC1. The van der Waals surface area contributed by atoms with Crippen LogP contribution in [0.1, 0.15) is 18.4 Å². The van der Waals surface area contributed by atoms with Crippen molar-refractivity contribution in [2.24, 2.45) is 0 Å². The Balaban J connectivity index is 2.01. The van der Waals surface area contributed by atoms with E-state index in [9.17, 15) is 0 Å². The summed E-state index contributed by atoms with van der Waals surface area (Å²) < 4.78 is 12.8. The summed E-state index contributed by atoms with van der Waals surface area (Å²) in [6.07, 6.45) is 3.05. The first kappa shape index (κ1) is 20.3. The highest BCUT2D eigenvalue weighted by Crippen LogP contribution is 2.26. The molecule has 0 radical (unpaired) electrons. The van der Waals surface area contributed by atoms with Crippen molar-refractivity contribution in [2.75, 3.05) is 19.6 Å². The zero-order chi connectivity index (χ0) is 18.5. The maximum absolute atomic E-state index is 6.42. The fourth-order valence-electron chi connectivity index (χ4n) is 3.02. The number of benzene rings is 1. The summed E-state index contributed by atoms with van der Waals surface area (Å²) in [7, 11) is -3.24. The molecule has 0 fully saturated rings. The Morgan fingerprint density at radius 2 is 1.28 bits per heavy atom. The van der Waals surface area contributed by atoms with Gasteiger partial charge in [0.25, 0.3) is 0 Å². The number of rotatable bonds is 7. The van der Waals surface area contributed by atoms with Crippen LogP contribution in [-0.4, -0.2) is 41.2 Å². The second-order valence-corrected chi connectivity index (χ2v) is 17.7. The summed E-state index contributed by atoms with van der Waals surface area (Å²) in [5, 5.41) is 0. The Hall–Kier alpha value is -1.05. The van der Waals surface area contributed by atoms with Crippen molar-refractivity contribution < 1.29 is 8.85 Å². The lowest BCUT2D eigenvalue weighted by atomic mass is 10.1. The van der Waals surface area contributed by atoms with Crippen LogP contribution in [0.3, 0.4) is 0 Å². The van der Waals surface area contributed by atoms with Crippen molar-refractivity contribution in [3.05, 3.63) is 47.4 Å². The third-order valence-corrected chi connectivity index (χ3v) is 5.76. The Kier molecular flexibility index (Phi) is 6.94. The van der Waals surface area contributed by atoms with Crippen LogP contribution < -0.4 is 0 Å². The van der Waals surface area contributed by atoms with E-state index in [4.69, 9.17) is 8.85 Å². The van der Waals surface area contributed by atoms with E-state index in [1.807, 2.05) is 0 Å². The van der Waals surface area contributed by atoms with E-state index < -0.39 is 16.6 Å². The Labute approximate surface area is 156 Å². The van der Waals surface area contributed by atoms with Crippen LogP contribution in [0.4, 0.5) is 0 Å². The standard InChI is InChI=1S/C20H35NO2Si2/c1-24(2,3)22-19-13-16-21(15-12-18-10-8-7-9-11-18)17-14-20(19)23-25(4,5)6/h7-11H,12-17H2,1-6H3. The predicted octanol–water partition coefficient (Wildman–Crippen LogP) is 5.24. The summed E-state index contributed by atoms with van der Waals surface area (Å²) in [4.78, 5) is 2.56. The quantitative estimate of drug-likeness (QED) is 0.607. The van der Waals surface area contributed by atoms with Crippen LogP contribution in [0.5, 0.6) is 0 Å². The van der Waals surface area contributed by atoms with Crippen molar-refractivity contribution in [3.63, 3.8) is 0 Å². The lowest BCUT2D eigenvalue weighted by Crippen LogP contribution is -2.29. The van der Waals surface area contributed by atoms with Gasteiger partial charge < -0.3 is 13.8 Å². The molecule has 0 saturated carbocycles. The molecule has 2 rings (SSSR count). The van der Waals surface area contributed by atoms with Gasteiger partial charge in [0.15, 0.2) is 0 Å². The van der Waals surface area contributed by atoms with Crippen molar-refractivity contribution in [2.45, 2.75) is 58.5 Å². The van der Waals surface area contributed by atoms with Crippen molar-refractivity contribution >= 4 is 16.6 Å². The maximum Gasteiger partial charge on any atom is 0.241 e. The molecule has 0 unspecified atom stereocenters. The van der Waals surface area contributed by atoms with Gasteiger partial charge in [0.05, 0.1) is 0 Å². The van der Waals surface area contributed by atoms with Gasteiger partial charge in [0, 0.05) is 32.5 Å². The molecule has 0 atom stereocenters. The van der Waals surface area contributed by atoms with Crippen molar-refractivity contribution in [1.82, 2.24) is 4.90 Å². The Morgan fingerprint density at radius 1 is 0.800 bits per heavy atom. The highest BCUT2D eigenvalue weighted by Gasteiger charge is 2.27. The fourth-order valence-corrected chi connectivity index (χ4v) is 4.93. The monoisotopic (exact) mass is 377 g/mol. The number of hydrogen-bond donors (Lipinski definition) is 0. The van der Waals surface area contributed by atoms with E-state index in [1.165, 1.54) is 5.56 Å². The van der Waals surface area contributed by atoms with Crippen molar-refractivity contribution in [1.29, 1.82) is 0 Å². The largest absolute Gasteiger partial charge is 0.545 e. The molecule has 0 aromatic heterocycles. The number of hydrogen-bond acceptors (Lipinski definition) is 3. The summed E-state index contributed by atoms with van der Waals surface area (Å²) in [5.41, 5.74) is 1.41. The molecule has 1 aromatic carbocycles. The highest BCUT2D eigenvalue weighted by molar-refractivity contribution is 6.70. The minimum absolute atomic E-state index is 0.971. The van der Waals surface area contributed by atoms with E-state index in [2.05, 4.69) is 74.5 Å². The average Bonchev–Trinajstić information content (AvgIpc) is 2.67. The lowest BCUT2D eigenvalue weighted by Gasteiger charge is -2.27. The first-order chi connectivity index (χ1) is 11.6. The van der Waals surface area contributed by atoms with Gasteiger partial charge in [-0.05, 0) is 51.3 Å².